The van der Waals surface area contributed by atoms with E-state index in [1.807, 2.05) is 6.92 Å². The maximum Gasteiger partial charge on any atom is 0.317 e. The molecule has 7 nitrogen and oxygen atoms in total. The summed E-state index contributed by atoms with van der Waals surface area (Å²) in [6.45, 7) is 2.22. The van der Waals surface area contributed by atoms with Crippen LogP contribution in [-0.2, 0) is 0 Å². The Kier molecular flexibility index (Phi) is 3.91. The van der Waals surface area contributed by atoms with Gasteiger partial charge in [-0.25, -0.2) is 28.2 Å². The van der Waals surface area contributed by atoms with E-state index in [9.17, 15) is 13.6 Å². The van der Waals surface area contributed by atoms with Crippen LogP contribution in [0.15, 0.2) is 23.6 Å². The highest BCUT2D eigenvalue weighted by molar-refractivity contribution is 7.09. The van der Waals surface area contributed by atoms with Gasteiger partial charge in [-0.2, -0.15) is 0 Å². The highest BCUT2D eigenvalue weighted by atomic mass is 32.1. The first-order chi connectivity index (χ1) is 12.4. The third-order valence-corrected chi connectivity index (χ3v) is 4.80. The summed E-state index contributed by atoms with van der Waals surface area (Å²) in [7, 11) is 1.65. The number of halogens is 2. The Morgan fingerprint density at radius 2 is 2.12 bits per heavy atom. The largest absolute Gasteiger partial charge is 0.326 e. The number of nitrogens with one attached hydrogen (secondary N) is 1. The molecule has 1 unspecified atom stereocenters. The number of rotatable bonds is 3. The number of urea groups is 1. The van der Waals surface area contributed by atoms with Gasteiger partial charge in [0.25, 0.3) is 0 Å². The molecule has 26 heavy (non-hydrogen) atoms. The van der Waals surface area contributed by atoms with Crippen molar-refractivity contribution in [2.45, 2.75) is 13.0 Å². The smallest absolute Gasteiger partial charge is 0.317 e. The molecule has 3 aromatic rings. The van der Waals surface area contributed by atoms with Gasteiger partial charge < -0.3 is 10.2 Å². The van der Waals surface area contributed by atoms with Crippen LogP contribution < -0.4 is 5.32 Å². The molecule has 2 aromatic heterocycles. The fourth-order valence-electron chi connectivity index (χ4n) is 2.76. The van der Waals surface area contributed by atoms with Crippen LogP contribution in [0.5, 0.6) is 0 Å². The normalized spacial score (nSPS) is 17.0. The lowest BCUT2D eigenvalue weighted by molar-refractivity contribution is 0.226. The number of nitrogens with zero attached hydrogens (tertiary/aromatic N) is 5. The molecule has 1 saturated heterocycles. The fraction of sp³-hybridized carbons (Fsp3) is 0.250. The van der Waals surface area contributed by atoms with Crippen LogP contribution in [0, 0.1) is 18.6 Å². The minimum Gasteiger partial charge on any atom is -0.326 e. The summed E-state index contributed by atoms with van der Waals surface area (Å²) in [5, 5.41) is 9.80. The summed E-state index contributed by atoms with van der Waals surface area (Å²) in [5.41, 5.74) is 0.614. The molecule has 10 heteroatoms. The first-order valence-electron chi connectivity index (χ1n) is 7.79. The lowest BCUT2D eigenvalue weighted by Crippen LogP contribution is -2.24. The van der Waals surface area contributed by atoms with E-state index in [-0.39, 0.29) is 11.7 Å². The summed E-state index contributed by atoms with van der Waals surface area (Å²) < 4.78 is 28.9. The summed E-state index contributed by atoms with van der Waals surface area (Å²) in [6.07, 6.45) is 0. The van der Waals surface area contributed by atoms with Gasteiger partial charge in [0, 0.05) is 25.0 Å². The SMILES string of the molecule is Cc1nc(-c2nc(C3CN(C)C(=O)N3)n(-c3ccc(F)cc3F)n2)cs1. The zero-order valence-corrected chi connectivity index (χ0v) is 14.7. The summed E-state index contributed by atoms with van der Waals surface area (Å²) in [5.74, 6) is -0.780. The van der Waals surface area contributed by atoms with Crippen LogP contribution in [-0.4, -0.2) is 44.3 Å². The minimum absolute atomic E-state index is 0.0518. The molecule has 1 aromatic carbocycles. The van der Waals surface area contributed by atoms with Crippen molar-refractivity contribution in [2.75, 3.05) is 13.6 Å². The van der Waals surface area contributed by atoms with Crippen LogP contribution in [0.4, 0.5) is 13.6 Å². The van der Waals surface area contributed by atoms with Gasteiger partial charge in [-0.05, 0) is 19.1 Å². The van der Waals surface area contributed by atoms with Crippen LogP contribution in [0.2, 0.25) is 0 Å². The molecular weight excluding hydrogens is 362 g/mol. The van der Waals surface area contributed by atoms with E-state index in [2.05, 4.69) is 20.4 Å². The molecule has 0 radical (unpaired) electrons. The average molecular weight is 376 g/mol. The molecular formula is C16H14F2N6OS. The second-order valence-electron chi connectivity index (χ2n) is 5.94. The Labute approximate surface area is 151 Å². The zero-order chi connectivity index (χ0) is 18.4. The number of aryl methyl sites for hydroxylation is 1. The molecule has 0 spiro atoms. The Hall–Kier alpha value is -2.88. The Morgan fingerprint density at radius 3 is 2.73 bits per heavy atom. The van der Waals surface area contributed by atoms with Crippen molar-refractivity contribution >= 4 is 17.4 Å². The predicted molar refractivity (Wildman–Crippen MR) is 91.0 cm³/mol. The van der Waals surface area contributed by atoms with Crippen molar-refractivity contribution < 1.29 is 13.6 Å². The maximum absolute atomic E-state index is 14.3. The molecule has 134 valence electrons. The third kappa shape index (κ3) is 2.81. The van der Waals surface area contributed by atoms with Crippen LogP contribution in [0.1, 0.15) is 16.9 Å². The third-order valence-electron chi connectivity index (χ3n) is 4.03. The fourth-order valence-corrected chi connectivity index (χ4v) is 3.35. The molecule has 1 fully saturated rings. The monoisotopic (exact) mass is 376 g/mol. The van der Waals surface area contributed by atoms with Gasteiger partial charge in [-0.1, -0.05) is 0 Å². The standard InChI is InChI=1S/C16H14F2N6OS/c1-8-19-12(7-26-8)14-21-15(11-6-23(2)16(25)20-11)24(22-14)13-4-3-9(17)5-10(13)18/h3-5,7,11H,6H2,1-2H3,(H,20,25). The number of benzene rings is 1. The second kappa shape index (κ2) is 6.13. The van der Waals surface area contributed by atoms with Crippen molar-refractivity contribution in [1.29, 1.82) is 0 Å². The number of carbonyl (C=O) groups is 1. The highest BCUT2D eigenvalue weighted by Gasteiger charge is 2.32. The Morgan fingerprint density at radius 1 is 1.31 bits per heavy atom. The van der Waals surface area contributed by atoms with Gasteiger partial charge >= 0.3 is 6.03 Å². The van der Waals surface area contributed by atoms with E-state index in [1.54, 1.807) is 12.4 Å². The average Bonchev–Trinajstić information content (AvgIpc) is 3.27. The van der Waals surface area contributed by atoms with Crippen molar-refractivity contribution in [2.24, 2.45) is 0 Å². The van der Waals surface area contributed by atoms with E-state index in [0.29, 0.717) is 23.9 Å². The molecule has 1 aliphatic heterocycles. The van der Waals surface area contributed by atoms with Gasteiger partial charge in [0.1, 0.15) is 23.2 Å². The van der Waals surface area contributed by atoms with E-state index in [0.717, 1.165) is 17.1 Å². The zero-order valence-electron chi connectivity index (χ0n) is 13.9. The predicted octanol–water partition coefficient (Wildman–Crippen LogP) is 2.67. The van der Waals surface area contributed by atoms with E-state index >= 15 is 0 Å². The van der Waals surface area contributed by atoms with Crippen molar-refractivity contribution in [3.05, 3.63) is 46.0 Å². The summed E-state index contributed by atoms with van der Waals surface area (Å²) in [6, 6.07) is 2.50. The van der Waals surface area contributed by atoms with E-state index < -0.39 is 17.7 Å². The van der Waals surface area contributed by atoms with Gasteiger partial charge in [0.2, 0.25) is 5.82 Å². The van der Waals surface area contributed by atoms with Crippen LogP contribution in [0.25, 0.3) is 17.2 Å². The Bertz CT molecular complexity index is 1000. The molecule has 1 N–H and O–H groups in total. The van der Waals surface area contributed by atoms with Gasteiger partial charge in [-0.15, -0.1) is 16.4 Å². The van der Waals surface area contributed by atoms with Crippen molar-refractivity contribution in [1.82, 2.24) is 30.0 Å². The molecule has 2 amide bonds. The molecule has 0 aliphatic carbocycles. The number of aromatic nitrogens is 4. The minimum atomic E-state index is -0.769. The molecule has 4 rings (SSSR count). The van der Waals surface area contributed by atoms with Crippen LogP contribution in [0.3, 0.4) is 0 Å². The lowest BCUT2D eigenvalue weighted by atomic mass is 10.2. The topological polar surface area (TPSA) is 75.9 Å². The highest BCUT2D eigenvalue weighted by Crippen LogP contribution is 2.26. The Balaban J connectivity index is 1.85. The van der Waals surface area contributed by atoms with Gasteiger partial charge in [0.15, 0.2) is 11.6 Å². The molecule has 0 bridgehead atoms. The first-order valence-corrected chi connectivity index (χ1v) is 8.67. The van der Waals surface area contributed by atoms with Crippen LogP contribution >= 0.6 is 11.3 Å². The number of amides is 2. The number of thiazole rings is 1. The van der Waals surface area contributed by atoms with E-state index in [4.69, 9.17) is 0 Å². The lowest BCUT2D eigenvalue weighted by Gasteiger charge is -2.11. The summed E-state index contributed by atoms with van der Waals surface area (Å²) >= 11 is 1.45. The number of carbonyl (C=O) groups excluding carboxylic acids is 1. The van der Waals surface area contributed by atoms with Crippen molar-refractivity contribution in [3.8, 4) is 17.2 Å². The molecule has 1 aliphatic rings. The molecule has 0 saturated carbocycles. The number of hydrogen-bond acceptors (Lipinski definition) is 5. The molecule has 3 heterocycles. The maximum atomic E-state index is 14.3. The van der Waals surface area contributed by atoms with Gasteiger partial charge in [0.05, 0.1) is 5.01 Å². The summed E-state index contributed by atoms with van der Waals surface area (Å²) in [4.78, 5) is 22.1. The molecule has 1 atom stereocenters. The van der Waals surface area contributed by atoms with E-state index in [1.165, 1.54) is 27.0 Å². The second-order valence-corrected chi connectivity index (χ2v) is 7.00. The van der Waals surface area contributed by atoms with Crippen molar-refractivity contribution in [3.63, 3.8) is 0 Å². The quantitative estimate of drug-likeness (QED) is 0.763. The number of likely N-dealkylation sites (N-methyl/N-ethyl adjacent to an activating group) is 1. The number of hydrogen-bond donors (Lipinski definition) is 1. The van der Waals surface area contributed by atoms with Gasteiger partial charge in [-0.3, -0.25) is 0 Å². The first kappa shape index (κ1) is 16.6.